The van der Waals surface area contributed by atoms with Crippen molar-refractivity contribution < 1.29 is 13.9 Å². The van der Waals surface area contributed by atoms with E-state index in [2.05, 4.69) is 31.2 Å². The highest BCUT2D eigenvalue weighted by Crippen LogP contribution is 2.37. The number of rotatable bonds is 7. The molecule has 3 atom stereocenters. The number of hydrogen-bond donors (Lipinski definition) is 1. The van der Waals surface area contributed by atoms with E-state index < -0.39 is 0 Å². The number of hydrogen-bond acceptors (Lipinski definition) is 8. The molecule has 2 saturated heterocycles. The number of methoxy groups -OCH3 is 1. The fourth-order valence-electron chi connectivity index (χ4n) is 5.66. The van der Waals surface area contributed by atoms with E-state index in [-0.39, 0.29) is 5.82 Å². The fraction of sp³-hybridized carbons (Fsp3) is 0.480. The van der Waals surface area contributed by atoms with Gasteiger partial charge in [0, 0.05) is 42.8 Å². The molecule has 2 bridgehead atoms. The van der Waals surface area contributed by atoms with Crippen LogP contribution in [0.4, 0.5) is 4.39 Å². The summed E-state index contributed by atoms with van der Waals surface area (Å²) in [6, 6.07) is 7.29. The van der Waals surface area contributed by atoms with E-state index in [9.17, 15) is 4.39 Å². The third-order valence-corrected chi connectivity index (χ3v) is 8.21. The Kier molecular flexibility index (Phi) is 6.01. The lowest BCUT2D eigenvalue weighted by Gasteiger charge is -2.39. The molecular formula is C25H28FN5O2S. The van der Waals surface area contributed by atoms with Crippen molar-refractivity contribution in [3.05, 3.63) is 47.7 Å². The van der Waals surface area contributed by atoms with Crippen LogP contribution in [0.2, 0.25) is 0 Å². The number of thioether (sulfide) groups is 1. The summed E-state index contributed by atoms with van der Waals surface area (Å²) in [6.07, 6.45) is 8.42. The highest BCUT2D eigenvalue weighted by atomic mass is 32.2. The molecule has 7 nitrogen and oxygen atoms in total. The van der Waals surface area contributed by atoms with Gasteiger partial charge in [-0.1, -0.05) is 11.8 Å². The number of piperidine rings is 1. The number of pyridine rings is 3. The van der Waals surface area contributed by atoms with Crippen LogP contribution in [0.5, 0.6) is 11.6 Å². The fourth-order valence-corrected chi connectivity index (χ4v) is 6.45. The molecule has 1 N–H and O–H groups in total. The largest absolute Gasteiger partial charge is 0.481 e. The Balaban J connectivity index is 1.09. The number of ether oxygens (including phenoxy) is 2. The van der Waals surface area contributed by atoms with Crippen molar-refractivity contribution in [3.63, 3.8) is 0 Å². The molecule has 2 fully saturated rings. The van der Waals surface area contributed by atoms with Crippen molar-refractivity contribution in [2.24, 2.45) is 0 Å². The van der Waals surface area contributed by atoms with Crippen LogP contribution in [-0.2, 0) is 13.0 Å². The lowest BCUT2D eigenvalue weighted by atomic mass is 9.96. The van der Waals surface area contributed by atoms with E-state index >= 15 is 0 Å². The van der Waals surface area contributed by atoms with E-state index in [4.69, 9.17) is 9.47 Å². The Morgan fingerprint density at radius 2 is 2.06 bits per heavy atom. The molecule has 1 unspecified atom stereocenters. The Hall–Kier alpha value is -2.49. The van der Waals surface area contributed by atoms with E-state index in [0.29, 0.717) is 53.0 Å². The van der Waals surface area contributed by atoms with Crippen LogP contribution < -0.4 is 14.8 Å². The van der Waals surface area contributed by atoms with Gasteiger partial charge in [-0.05, 0) is 44.2 Å². The number of halogens is 1. The topological polar surface area (TPSA) is 72.4 Å². The van der Waals surface area contributed by atoms with Crippen LogP contribution in [0.3, 0.4) is 0 Å². The molecule has 34 heavy (non-hydrogen) atoms. The van der Waals surface area contributed by atoms with E-state index in [1.165, 1.54) is 23.9 Å². The summed E-state index contributed by atoms with van der Waals surface area (Å²) < 4.78 is 25.5. The second-order valence-electron chi connectivity index (χ2n) is 9.26. The van der Waals surface area contributed by atoms with Crippen LogP contribution in [0.25, 0.3) is 11.0 Å². The van der Waals surface area contributed by atoms with Crippen molar-refractivity contribution in [2.45, 2.75) is 61.7 Å². The van der Waals surface area contributed by atoms with Crippen LogP contribution >= 0.6 is 11.8 Å². The number of fused-ring (bicyclic) bond motifs is 4. The van der Waals surface area contributed by atoms with Gasteiger partial charge in [-0.2, -0.15) is 0 Å². The van der Waals surface area contributed by atoms with Gasteiger partial charge in [-0.15, -0.1) is 0 Å². The average Bonchev–Trinajstić information content (AvgIpc) is 3.42. The maximum absolute atomic E-state index is 14.7. The van der Waals surface area contributed by atoms with Gasteiger partial charge < -0.3 is 14.8 Å². The summed E-state index contributed by atoms with van der Waals surface area (Å²) in [4.78, 5) is 17.0. The standard InChI is InChI=1S/C25H28FN5O2S/c1-32-24-5-4-21-25(30-24)19(20(26)12-29-21)6-7-31-17-2-3-18(31)9-15(8-17)27-11-16-10-23-22(13-28-16)33-14-34-23/h4-5,10,12-13,15,17-18,27H,2-3,6-9,11,14H2,1H3/t15?,17-,18+. The highest BCUT2D eigenvalue weighted by molar-refractivity contribution is 7.99. The van der Waals surface area contributed by atoms with Crippen LogP contribution in [0.1, 0.15) is 36.9 Å². The van der Waals surface area contributed by atoms with Gasteiger partial charge in [0.1, 0.15) is 11.8 Å². The van der Waals surface area contributed by atoms with Crippen molar-refractivity contribution in [2.75, 3.05) is 19.6 Å². The Bertz CT molecular complexity index is 1200. The number of nitrogens with one attached hydrogen (secondary N) is 1. The zero-order valence-electron chi connectivity index (χ0n) is 19.2. The van der Waals surface area contributed by atoms with Crippen molar-refractivity contribution >= 4 is 22.8 Å². The number of nitrogens with zero attached hydrogens (tertiary/aromatic N) is 4. The second kappa shape index (κ2) is 9.28. The van der Waals surface area contributed by atoms with E-state index in [0.717, 1.165) is 37.4 Å². The molecule has 3 aromatic heterocycles. The first-order chi connectivity index (χ1) is 16.7. The lowest BCUT2D eigenvalue weighted by molar-refractivity contribution is 0.117. The number of aromatic nitrogens is 3. The minimum atomic E-state index is -0.289. The molecule has 3 aliphatic rings. The molecule has 178 valence electrons. The molecule has 0 aromatic carbocycles. The summed E-state index contributed by atoms with van der Waals surface area (Å²) in [5, 5.41) is 3.74. The minimum Gasteiger partial charge on any atom is -0.481 e. The molecule has 0 aliphatic carbocycles. The monoisotopic (exact) mass is 481 g/mol. The maximum atomic E-state index is 14.7. The Morgan fingerprint density at radius 3 is 2.88 bits per heavy atom. The predicted octanol–water partition coefficient (Wildman–Crippen LogP) is 3.94. The van der Waals surface area contributed by atoms with Crippen LogP contribution in [-0.4, -0.2) is 57.6 Å². The first kappa shape index (κ1) is 22.0. The van der Waals surface area contributed by atoms with Gasteiger partial charge in [-0.25, -0.2) is 9.37 Å². The molecule has 3 aliphatic heterocycles. The third-order valence-electron chi connectivity index (χ3n) is 7.34. The quantitative estimate of drug-likeness (QED) is 0.544. The SMILES string of the molecule is COc1ccc2ncc(F)c(CCN3[C@@H]4CC[C@H]3CC(NCc3cc5c(cn3)OCS5)C4)c2n1. The van der Waals surface area contributed by atoms with Crippen molar-refractivity contribution in [3.8, 4) is 11.6 Å². The highest BCUT2D eigenvalue weighted by Gasteiger charge is 2.40. The van der Waals surface area contributed by atoms with Gasteiger partial charge in [0.25, 0.3) is 0 Å². The first-order valence-electron chi connectivity index (χ1n) is 11.9. The van der Waals surface area contributed by atoms with Crippen molar-refractivity contribution in [1.82, 2.24) is 25.2 Å². The molecule has 6 heterocycles. The Morgan fingerprint density at radius 1 is 1.21 bits per heavy atom. The molecule has 0 spiro atoms. The Labute approximate surface area is 202 Å². The zero-order valence-corrected chi connectivity index (χ0v) is 20.0. The van der Waals surface area contributed by atoms with Gasteiger partial charge in [0.2, 0.25) is 5.88 Å². The summed E-state index contributed by atoms with van der Waals surface area (Å²) in [7, 11) is 1.57. The lowest BCUT2D eigenvalue weighted by Crippen LogP contribution is -2.49. The molecule has 9 heteroatoms. The van der Waals surface area contributed by atoms with Gasteiger partial charge >= 0.3 is 0 Å². The minimum absolute atomic E-state index is 0.289. The molecular weight excluding hydrogens is 453 g/mol. The predicted molar refractivity (Wildman–Crippen MR) is 129 cm³/mol. The zero-order chi connectivity index (χ0) is 23.1. The van der Waals surface area contributed by atoms with Crippen LogP contribution in [0.15, 0.2) is 35.5 Å². The maximum Gasteiger partial charge on any atom is 0.213 e. The average molecular weight is 482 g/mol. The molecule has 0 saturated carbocycles. The smallest absolute Gasteiger partial charge is 0.213 e. The second-order valence-corrected chi connectivity index (χ2v) is 10.2. The first-order valence-corrected chi connectivity index (χ1v) is 12.9. The normalized spacial score (nSPS) is 23.8. The van der Waals surface area contributed by atoms with Gasteiger partial charge in [-0.3, -0.25) is 14.9 Å². The summed E-state index contributed by atoms with van der Waals surface area (Å²) >= 11 is 1.72. The van der Waals surface area contributed by atoms with Crippen molar-refractivity contribution in [1.29, 1.82) is 0 Å². The molecule has 0 amide bonds. The summed E-state index contributed by atoms with van der Waals surface area (Å²) in [6.45, 7) is 1.61. The third kappa shape index (κ3) is 4.21. The summed E-state index contributed by atoms with van der Waals surface area (Å²) in [5.74, 6) is 1.77. The molecule has 6 rings (SSSR count). The van der Waals surface area contributed by atoms with E-state index in [1.54, 1.807) is 24.9 Å². The van der Waals surface area contributed by atoms with E-state index in [1.807, 2.05) is 12.3 Å². The van der Waals surface area contributed by atoms with Crippen LogP contribution in [0, 0.1) is 5.82 Å². The molecule has 0 radical (unpaired) electrons. The summed E-state index contributed by atoms with van der Waals surface area (Å²) in [5.41, 5.74) is 3.00. The van der Waals surface area contributed by atoms with Gasteiger partial charge in [0.05, 0.1) is 41.1 Å². The van der Waals surface area contributed by atoms with Gasteiger partial charge in [0.15, 0.2) is 5.75 Å². The molecule has 3 aromatic rings.